The lowest BCUT2D eigenvalue weighted by Gasteiger charge is -2.07. The van der Waals surface area contributed by atoms with Gasteiger partial charge in [-0.1, -0.05) is 15.9 Å². The van der Waals surface area contributed by atoms with Crippen LogP contribution in [-0.4, -0.2) is 9.55 Å². The third-order valence-corrected chi connectivity index (χ3v) is 2.74. The highest BCUT2D eigenvalue weighted by molar-refractivity contribution is 9.10. The van der Waals surface area contributed by atoms with Gasteiger partial charge in [0.15, 0.2) is 0 Å². The highest BCUT2D eigenvalue weighted by atomic mass is 79.9. The molecule has 0 aliphatic rings. The summed E-state index contributed by atoms with van der Waals surface area (Å²) in [5, 5.41) is 0. The molecule has 0 aliphatic carbocycles. The van der Waals surface area contributed by atoms with Crippen LogP contribution in [0.15, 0.2) is 35.1 Å². The second-order valence-electron chi connectivity index (χ2n) is 3.37. The Bertz CT molecular complexity index is 476. The molecular weight excluding hydrogens is 254 g/mol. The molecule has 1 heterocycles. The monoisotopic (exact) mass is 265 g/mol. The Morgan fingerprint density at radius 2 is 2.20 bits per heavy atom. The molecular formula is C11H12BrN3. The van der Waals surface area contributed by atoms with Gasteiger partial charge in [0.1, 0.15) is 5.82 Å². The third kappa shape index (κ3) is 2.11. The van der Waals surface area contributed by atoms with Crippen molar-refractivity contribution in [2.75, 3.05) is 0 Å². The first-order chi connectivity index (χ1) is 7.20. The Balaban J connectivity index is 2.53. The van der Waals surface area contributed by atoms with Gasteiger partial charge in [0, 0.05) is 29.1 Å². The number of aromatic nitrogens is 2. The van der Waals surface area contributed by atoms with Crippen LogP contribution in [0.2, 0.25) is 0 Å². The standard InChI is InChI=1S/C11H12BrN3/c1-8-14-2-3-15(8)11-5-9(7-13)4-10(12)6-11/h2-6H,7,13H2,1H3. The van der Waals surface area contributed by atoms with Crippen LogP contribution in [0.4, 0.5) is 0 Å². The van der Waals surface area contributed by atoms with Crippen LogP contribution >= 0.6 is 15.9 Å². The minimum Gasteiger partial charge on any atom is -0.326 e. The van der Waals surface area contributed by atoms with E-state index in [1.165, 1.54) is 0 Å². The Morgan fingerprint density at radius 3 is 2.80 bits per heavy atom. The number of imidazole rings is 1. The maximum Gasteiger partial charge on any atom is 0.110 e. The van der Waals surface area contributed by atoms with Crippen LogP contribution in [0.25, 0.3) is 5.69 Å². The van der Waals surface area contributed by atoms with Crippen LogP contribution < -0.4 is 5.73 Å². The fourth-order valence-electron chi connectivity index (χ4n) is 1.54. The van der Waals surface area contributed by atoms with Crippen molar-refractivity contribution in [2.24, 2.45) is 5.73 Å². The summed E-state index contributed by atoms with van der Waals surface area (Å²) in [7, 11) is 0. The number of aryl methyl sites for hydroxylation is 1. The summed E-state index contributed by atoms with van der Waals surface area (Å²) in [5.41, 5.74) is 7.82. The lowest BCUT2D eigenvalue weighted by Crippen LogP contribution is -2.00. The van der Waals surface area contributed by atoms with E-state index in [1.807, 2.05) is 29.8 Å². The first kappa shape index (κ1) is 10.4. The predicted octanol–water partition coefficient (Wildman–Crippen LogP) is 2.40. The molecule has 3 nitrogen and oxygen atoms in total. The van der Waals surface area contributed by atoms with Gasteiger partial charge in [-0.15, -0.1) is 0 Å². The topological polar surface area (TPSA) is 43.8 Å². The van der Waals surface area contributed by atoms with E-state index in [9.17, 15) is 0 Å². The molecule has 0 saturated heterocycles. The van der Waals surface area contributed by atoms with E-state index in [-0.39, 0.29) is 0 Å². The van der Waals surface area contributed by atoms with Crippen LogP contribution in [0, 0.1) is 6.92 Å². The molecule has 0 amide bonds. The van der Waals surface area contributed by atoms with Gasteiger partial charge >= 0.3 is 0 Å². The number of halogens is 1. The van der Waals surface area contributed by atoms with E-state index in [4.69, 9.17) is 5.73 Å². The first-order valence-corrected chi connectivity index (χ1v) is 5.50. The fraction of sp³-hybridized carbons (Fsp3) is 0.182. The first-order valence-electron chi connectivity index (χ1n) is 4.70. The lowest BCUT2D eigenvalue weighted by molar-refractivity contribution is 0.963. The molecule has 2 rings (SSSR count). The number of nitrogens with zero attached hydrogens (tertiary/aromatic N) is 2. The molecule has 15 heavy (non-hydrogen) atoms. The molecule has 4 heteroatoms. The van der Waals surface area contributed by atoms with Crippen molar-refractivity contribution in [3.63, 3.8) is 0 Å². The zero-order valence-electron chi connectivity index (χ0n) is 8.44. The highest BCUT2D eigenvalue weighted by Crippen LogP contribution is 2.19. The molecule has 0 saturated carbocycles. The number of rotatable bonds is 2. The average molecular weight is 266 g/mol. The van der Waals surface area contributed by atoms with Crippen molar-refractivity contribution in [3.8, 4) is 5.69 Å². The molecule has 78 valence electrons. The highest BCUT2D eigenvalue weighted by Gasteiger charge is 2.02. The van der Waals surface area contributed by atoms with Crippen molar-refractivity contribution in [1.29, 1.82) is 0 Å². The molecule has 2 aromatic rings. The molecule has 0 radical (unpaired) electrons. The van der Waals surface area contributed by atoms with E-state index in [0.717, 1.165) is 21.5 Å². The molecule has 0 unspecified atom stereocenters. The van der Waals surface area contributed by atoms with Gasteiger partial charge in [-0.05, 0) is 30.7 Å². The minimum absolute atomic E-state index is 0.542. The number of benzene rings is 1. The number of hydrogen-bond donors (Lipinski definition) is 1. The van der Waals surface area contributed by atoms with Crippen molar-refractivity contribution >= 4 is 15.9 Å². The Morgan fingerprint density at radius 1 is 1.40 bits per heavy atom. The van der Waals surface area contributed by atoms with Crippen molar-refractivity contribution < 1.29 is 0 Å². The fourth-order valence-corrected chi connectivity index (χ4v) is 2.07. The number of nitrogens with two attached hydrogens (primary N) is 1. The van der Waals surface area contributed by atoms with Crippen LogP contribution in [0.1, 0.15) is 11.4 Å². The van der Waals surface area contributed by atoms with Crippen molar-refractivity contribution in [2.45, 2.75) is 13.5 Å². The predicted molar refractivity (Wildman–Crippen MR) is 63.9 cm³/mol. The summed E-state index contributed by atoms with van der Waals surface area (Å²) in [5.74, 6) is 0.969. The second-order valence-corrected chi connectivity index (χ2v) is 4.28. The third-order valence-electron chi connectivity index (χ3n) is 2.28. The molecule has 0 atom stereocenters. The van der Waals surface area contributed by atoms with Crippen LogP contribution in [-0.2, 0) is 6.54 Å². The Hall–Kier alpha value is -1.13. The normalized spacial score (nSPS) is 10.6. The SMILES string of the molecule is Cc1nccn1-c1cc(Br)cc(CN)c1. The summed E-state index contributed by atoms with van der Waals surface area (Å²) < 4.78 is 3.07. The summed E-state index contributed by atoms with van der Waals surface area (Å²) in [6.45, 7) is 2.52. The summed E-state index contributed by atoms with van der Waals surface area (Å²) >= 11 is 3.47. The maximum atomic E-state index is 5.63. The molecule has 1 aromatic heterocycles. The molecule has 0 fully saturated rings. The molecule has 2 N–H and O–H groups in total. The zero-order chi connectivity index (χ0) is 10.8. The van der Waals surface area contributed by atoms with Crippen molar-refractivity contribution in [1.82, 2.24) is 9.55 Å². The van der Waals surface area contributed by atoms with E-state index < -0.39 is 0 Å². The maximum absolute atomic E-state index is 5.63. The second kappa shape index (κ2) is 4.16. The van der Waals surface area contributed by atoms with Gasteiger partial charge in [-0.3, -0.25) is 0 Å². The van der Waals surface area contributed by atoms with E-state index >= 15 is 0 Å². The Labute approximate surface area is 97.1 Å². The Kier molecular flexibility index (Phi) is 2.88. The molecule has 0 bridgehead atoms. The van der Waals surface area contributed by atoms with Crippen molar-refractivity contribution in [3.05, 3.63) is 46.5 Å². The molecule has 0 aliphatic heterocycles. The summed E-state index contributed by atoms with van der Waals surface area (Å²) in [6, 6.07) is 6.14. The lowest BCUT2D eigenvalue weighted by atomic mass is 10.2. The van der Waals surface area contributed by atoms with Gasteiger partial charge in [0.05, 0.1) is 0 Å². The van der Waals surface area contributed by atoms with Gasteiger partial charge < -0.3 is 10.3 Å². The van der Waals surface area contributed by atoms with Gasteiger partial charge in [-0.2, -0.15) is 0 Å². The summed E-state index contributed by atoms with van der Waals surface area (Å²) in [4.78, 5) is 4.19. The zero-order valence-corrected chi connectivity index (χ0v) is 10.0. The van der Waals surface area contributed by atoms with E-state index in [1.54, 1.807) is 6.20 Å². The average Bonchev–Trinajstić information content (AvgIpc) is 2.63. The van der Waals surface area contributed by atoms with E-state index in [0.29, 0.717) is 6.54 Å². The summed E-state index contributed by atoms with van der Waals surface area (Å²) in [6.07, 6.45) is 3.73. The smallest absolute Gasteiger partial charge is 0.110 e. The largest absolute Gasteiger partial charge is 0.326 e. The number of hydrogen-bond acceptors (Lipinski definition) is 2. The van der Waals surface area contributed by atoms with E-state index in [2.05, 4.69) is 27.0 Å². The molecule has 1 aromatic carbocycles. The van der Waals surface area contributed by atoms with Gasteiger partial charge in [0.25, 0.3) is 0 Å². The molecule has 0 spiro atoms. The van der Waals surface area contributed by atoms with Gasteiger partial charge in [0.2, 0.25) is 0 Å². The van der Waals surface area contributed by atoms with Crippen LogP contribution in [0.5, 0.6) is 0 Å². The minimum atomic E-state index is 0.542. The van der Waals surface area contributed by atoms with Crippen LogP contribution in [0.3, 0.4) is 0 Å². The quantitative estimate of drug-likeness (QED) is 0.907. The van der Waals surface area contributed by atoms with Gasteiger partial charge in [-0.25, -0.2) is 4.98 Å².